The summed E-state index contributed by atoms with van der Waals surface area (Å²) >= 11 is 0. The Morgan fingerprint density at radius 2 is 1.81 bits per heavy atom. The third kappa shape index (κ3) is 4.98. The second-order valence-electron chi connectivity index (χ2n) is 5.69. The van der Waals surface area contributed by atoms with E-state index in [-0.39, 0.29) is 12.3 Å². The summed E-state index contributed by atoms with van der Waals surface area (Å²) in [7, 11) is 3.77. The smallest absolute Gasteiger partial charge is 0.224 e. The van der Waals surface area contributed by atoms with Gasteiger partial charge in [-0.05, 0) is 29.3 Å². The summed E-state index contributed by atoms with van der Waals surface area (Å²) < 4.78 is 23.9. The Morgan fingerprint density at radius 3 is 2.46 bits per heavy atom. The van der Waals surface area contributed by atoms with Crippen molar-refractivity contribution >= 4 is 22.6 Å². The molecule has 0 aliphatic rings. The maximum Gasteiger partial charge on any atom is 0.224 e. The number of para-hydroxylation sites is 1. The molecule has 0 saturated carbocycles. The molecular weight excluding hydrogens is 352 g/mol. The molecular formula is C19H24N2O4S. The van der Waals surface area contributed by atoms with E-state index in [2.05, 4.69) is 5.32 Å². The van der Waals surface area contributed by atoms with Crippen LogP contribution in [0.1, 0.15) is 11.1 Å². The van der Waals surface area contributed by atoms with E-state index in [0.717, 1.165) is 16.8 Å². The van der Waals surface area contributed by atoms with Crippen LogP contribution < -0.4 is 19.1 Å². The number of methoxy groups -OCH3 is 2. The van der Waals surface area contributed by atoms with Crippen molar-refractivity contribution in [1.29, 1.82) is 0 Å². The van der Waals surface area contributed by atoms with Gasteiger partial charge in [0.1, 0.15) is 11.0 Å². The first-order chi connectivity index (χ1) is 12.5. The van der Waals surface area contributed by atoms with Crippen LogP contribution in [-0.2, 0) is 28.7 Å². The molecule has 1 atom stereocenters. The monoisotopic (exact) mass is 376 g/mol. The van der Waals surface area contributed by atoms with Crippen molar-refractivity contribution in [3.63, 3.8) is 0 Å². The Balaban J connectivity index is 2.03. The van der Waals surface area contributed by atoms with Gasteiger partial charge < -0.3 is 14.8 Å². The van der Waals surface area contributed by atoms with Crippen LogP contribution in [0.5, 0.6) is 11.5 Å². The number of hydrogen-bond acceptors (Lipinski definition) is 4. The van der Waals surface area contributed by atoms with E-state index in [1.54, 1.807) is 44.0 Å². The number of anilines is 1. The summed E-state index contributed by atoms with van der Waals surface area (Å²) in [5, 5.41) is 2.91. The minimum absolute atomic E-state index is 0.104. The van der Waals surface area contributed by atoms with Crippen molar-refractivity contribution in [1.82, 2.24) is 5.32 Å². The molecule has 7 heteroatoms. The molecule has 140 valence electrons. The number of benzene rings is 2. The third-order valence-electron chi connectivity index (χ3n) is 4.01. The number of carbonyl (C=O) groups is 1. The highest BCUT2D eigenvalue weighted by Crippen LogP contribution is 2.27. The zero-order valence-corrected chi connectivity index (χ0v) is 16.3. The van der Waals surface area contributed by atoms with E-state index in [1.807, 2.05) is 30.3 Å². The van der Waals surface area contributed by atoms with Gasteiger partial charge in [0.2, 0.25) is 5.91 Å². The molecule has 0 aliphatic heterocycles. The summed E-state index contributed by atoms with van der Waals surface area (Å²) in [5.41, 5.74) is 2.57. The van der Waals surface area contributed by atoms with Gasteiger partial charge >= 0.3 is 0 Å². The Morgan fingerprint density at radius 1 is 1.12 bits per heavy atom. The predicted molar refractivity (Wildman–Crippen MR) is 104 cm³/mol. The Labute approximate surface area is 156 Å². The molecule has 0 aromatic heterocycles. The quantitative estimate of drug-likeness (QED) is 0.768. The second-order valence-corrected chi connectivity index (χ2v) is 7.09. The fraction of sp³-hybridized carbons (Fsp3) is 0.316. The van der Waals surface area contributed by atoms with E-state index in [4.69, 9.17) is 9.47 Å². The highest BCUT2D eigenvalue weighted by Gasteiger charge is 2.12. The average molecular weight is 376 g/mol. The molecule has 0 spiro atoms. The molecule has 1 amide bonds. The molecule has 26 heavy (non-hydrogen) atoms. The van der Waals surface area contributed by atoms with Gasteiger partial charge in [-0.15, -0.1) is 0 Å². The molecule has 2 aromatic carbocycles. The fourth-order valence-corrected chi connectivity index (χ4v) is 2.99. The summed E-state index contributed by atoms with van der Waals surface area (Å²) in [5.74, 6) is 1.11. The van der Waals surface area contributed by atoms with Gasteiger partial charge in [0.25, 0.3) is 0 Å². The highest BCUT2D eigenvalue weighted by atomic mass is 32.2. The van der Waals surface area contributed by atoms with Gasteiger partial charge in [-0.1, -0.05) is 24.3 Å². The lowest BCUT2D eigenvalue weighted by molar-refractivity contribution is -0.120. The number of amides is 1. The van der Waals surface area contributed by atoms with Crippen LogP contribution >= 0.6 is 0 Å². The van der Waals surface area contributed by atoms with Crippen molar-refractivity contribution in [2.24, 2.45) is 0 Å². The van der Waals surface area contributed by atoms with Crippen LogP contribution in [-0.4, -0.2) is 37.6 Å². The molecule has 0 heterocycles. The first kappa shape index (κ1) is 19.8. The van der Waals surface area contributed by atoms with Crippen LogP contribution in [0.25, 0.3) is 0 Å². The van der Waals surface area contributed by atoms with E-state index >= 15 is 0 Å². The highest BCUT2D eigenvalue weighted by molar-refractivity contribution is 7.85. The number of nitrogens with zero attached hydrogens (tertiary/aromatic N) is 1. The maximum atomic E-state index is 12.3. The van der Waals surface area contributed by atoms with Crippen LogP contribution in [0.15, 0.2) is 42.5 Å². The van der Waals surface area contributed by atoms with E-state index < -0.39 is 11.0 Å². The number of nitrogens with one attached hydrogen (secondary N) is 1. The number of carbonyl (C=O) groups excluding carboxylic acids is 1. The van der Waals surface area contributed by atoms with Crippen molar-refractivity contribution < 1.29 is 18.5 Å². The summed E-state index contributed by atoms with van der Waals surface area (Å²) in [6.45, 7) is 0.365. The summed E-state index contributed by atoms with van der Waals surface area (Å²) in [6, 6.07) is 13.0. The molecule has 1 unspecified atom stereocenters. The van der Waals surface area contributed by atoms with Gasteiger partial charge in [0.15, 0.2) is 11.5 Å². The second kappa shape index (κ2) is 9.24. The fourth-order valence-electron chi connectivity index (χ4n) is 2.54. The average Bonchev–Trinajstić information content (AvgIpc) is 2.65. The first-order valence-electron chi connectivity index (χ1n) is 8.09. The minimum Gasteiger partial charge on any atom is -0.493 e. The van der Waals surface area contributed by atoms with Gasteiger partial charge in [-0.3, -0.25) is 9.10 Å². The van der Waals surface area contributed by atoms with E-state index in [9.17, 15) is 9.00 Å². The largest absolute Gasteiger partial charge is 0.493 e. The molecule has 2 rings (SSSR count). The summed E-state index contributed by atoms with van der Waals surface area (Å²) in [4.78, 5) is 12.3. The number of hydrogen-bond donors (Lipinski definition) is 1. The normalized spacial score (nSPS) is 11.5. The number of rotatable bonds is 8. The van der Waals surface area contributed by atoms with E-state index in [0.29, 0.717) is 18.0 Å². The molecule has 0 aliphatic carbocycles. The van der Waals surface area contributed by atoms with Crippen molar-refractivity contribution in [3.8, 4) is 11.5 Å². The van der Waals surface area contributed by atoms with Crippen molar-refractivity contribution in [2.45, 2.75) is 13.0 Å². The van der Waals surface area contributed by atoms with Gasteiger partial charge in [0, 0.05) is 19.8 Å². The lowest BCUT2D eigenvalue weighted by Crippen LogP contribution is -2.26. The van der Waals surface area contributed by atoms with Gasteiger partial charge in [-0.2, -0.15) is 0 Å². The molecule has 0 saturated heterocycles. The zero-order valence-electron chi connectivity index (χ0n) is 15.4. The van der Waals surface area contributed by atoms with Crippen LogP contribution in [0, 0.1) is 0 Å². The van der Waals surface area contributed by atoms with Crippen molar-refractivity contribution in [3.05, 3.63) is 53.6 Å². The Bertz CT molecular complexity index is 795. The standard InChI is InChI=1S/C19H24N2O4S/c1-21(26(4)23)16-8-6-5-7-15(16)13-20-19(22)12-14-9-10-17(24-2)18(11-14)25-3/h5-11H,12-13H2,1-4H3,(H,20,22). The molecule has 6 nitrogen and oxygen atoms in total. The van der Waals surface area contributed by atoms with Gasteiger partial charge in [0.05, 0.1) is 26.3 Å². The molecule has 1 N–H and O–H groups in total. The molecule has 0 bridgehead atoms. The number of ether oxygens (including phenoxy) is 2. The summed E-state index contributed by atoms with van der Waals surface area (Å²) in [6.07, 6.45) is 1.85. The third-order valence-corrected chi connectivity index (χ3v) is 4.97. The SMILES string of the molecule is COc1ccc(CC(=O)NCc2ccccc2N(C)S(C)=O)cc1OC. The Hall–Kier alpha value is -2.54. The Kier molecular flexibility index (Phi) is 7.03. The minimum atomic E-state index is -1.13. The first-order valence-corrected chi connectivity index (χ1v) is 9.60. The molecule has 0 fully saturated rings. The predicted octanol–water partition coefficient (Wildman–Crippen LogP) is 2.29. The van der Waals surface area contributed by atoms with Crippen LogP contribution in [0.3, 0.4) is 0 Å². The zero-order chi connectivity index (χ0) is 19.1. The lowest BCUT2D eigenvalue weighted by Gasteiger charge is -2.19. The van der Waals surface area contributed by atoms with Gasteiger partial charge in [-0.25, -0.2) is 4.21 Å². The van der Waals surface area contributed by atoms with Crippen LogP contribution in [0.4, 0.5) is 5.69 Å². The van der Waals surface area contributed by atoms with E-state index in [1.165, 1.54) is 0 Å². The molecule has 2 aromatic rings. The van der Waals surface area contributed by atoms with Crippen LogP contribution in [0.2, 0.25) is 0 Å². The lowest BCUT2D eigenvalue weighted by atomic mass is 10.1. The topological polar surface area (TPSA) is 67.9 Å². The molecule has 0 radical (unpaired) electrons. The van der Waals surface area contributed by atoms with Crippen molar-refractivity contribution in [2.75, 3.05) is 31.8 Å². The maximum absolute atomic E-state index is 12.3.